The van der Waals surface area contributed by atoms with Crippen LogP contribution in [0.3, 0.4) is 0 Å². The molecule has 0 fully saturated rings. The lowest BCUT2D eigenvalue weighted by Crippen LogP contribution is -2.38. The maximum atomic E-state index is 11.7. The fraction of sp³-hybridized carbons (Fsp3) is 0.333. The molecule has 0 bridgehead atoms. The molecule has 5 heteroatoms. The zero-order chi connectivity index (χ0) is 12.8. The van der Waals surface area contributed by atoms with Gasteiger partial charge in [0.1, 0.15) is 6.54 Å². The van der Waals surface area contributed by atoms with Crippen LogP contribution in [0.15, 0.2) is 24.3 Å². The van der Waals surface area contributed by atoms with Crippen LogP contribution in [0.5, 0.6) is 0 Å². The fourth-order valence-corrected chi connectivity index (χ4v) is 1.33. The molecular weight excluding hydrogens is 220 g/mol. The van der Waals surface area contributed by atoms with E-state index in [9.17, 15) is 9.59 Å². The summed E-state index contributed by atoms with van der Waals surface area (Å²) in [4.78, 5) is 23.5. The van der Waals surface area contributed by atoms with Crippen molar-refractivity contribution in [2.75, 3.05) is 18.4 Å². The van der Waals surface area contributed by atoms with Gasteiger partial charge in [0.2, 0.25) is 0 Å². The third-order valence-electron chi connectivity index (χ3n) is 2.30. The summed E-state index contributed by atoms with van der Waals surface area (Å²) in [6.07, 6.45) is 0. The molecule has 5 nitrogen and oxygen atoms in total. The maximum absolute atomic E-state index is 11.7. The summed E-state index contributed by atoms with van der Waals surface area (Å²) in [5, 5.41) is 11.3. The molecule has 17 heavy (non-hydrogen) atoms. The van der Waals surface area contributed by atoms with E-state index in [0.717, 1.165) is 5.56 Å². The minimum atomic E-state index is -1.02. The summed E-state index contributed by atoms with van der Waals surface area (Å²) in [5.41, 5.74) is 1.75. The molecule has 0 atom stereocenters. The second-order valence-electron chi connectivity index (χ2n) is 3.70. The molecule has 0 radical (unpaired) electrons. The van der Waals surface area contributed by atoms with Crippen molar-refractivity contribution in [3.8, 4) is 0 Å². The van der Waals surface area contributed by atoms with Crippen molar-refractivity contribution in [2.45, 2.75) is 13.8 Å². The van der Waals surface area contributed by atoms with E-state index in [-0.39, 0.29) is 6.54 Å². The molecule has 0 aliphatic carbocycles. The van der Waals surface area contributed by atoms with E-state index >= 15 is 0 Å². The number of benzene rings is 1. The lowest BCUT2D eigenvalue weighted by molar-refractivity contribution is -0.137. The largest absolute Gasteiger partial charge is 0.480 e. The number of aliphatic carboxylic acids is 1. The second-order valence-corrected chi connectivity index (χ2v) is 3.70. The highest BCUT2D eigenvalue weighted by molar-refractivity contribution is 5.91. The lowest BCUT2D eigenvalue weighted by Gasteiger charge is -2.19. The summed E-state index contributed by atoms with van der Waals surface area (Å²) in [7, 11) is 0. The zero-order valence-electron chi connectivity index (χ0n) is 9.93. The first-order valence-electron chi connectivity index (χ1n) is 5.37. The van der Waals surface area contributed by atoms with Crippen molar-refractivity contribution in [3.63, 3.8) is 0 Å². The summed E-state index contributed by atoms with van der Waals surface area (Å²) in [6, 6.07) is 6.91. The van der Waals surface area contributed by atoms with E-state index in [1.165, 1.54) is 4.90 Å². The SMILES string of the molecule is CCN(CC(=O)O)C(=O)Nc1ccc(C)cc1. The molecule has 0 heterocycles. The molecule has 0 unspecified atom stereocenters. The van der Waals surface area contributed by atoms with Crippen LogP contribution < -0.4 is 5.32 Å². The third-order valence-corrected chi connectivity index (χ3v) is 2.30. The van der Waals surface area contributed by atoms with E-state index in [2.05, 4.69) is 5.32 Å². The van der Waals surface area contributed by atoms with Gasteiger partial charge in [0.15, 0.2) is 0 Å². The number of carboxylic acids is 1. The average molecular weight is 236 g/mol. The smallest absolute Gasteiger partial charge is 0.323 e. The maximum Gasteiger partial charge on any atom is 0.323 e. The van der Waals surface area contributed by atoms with Gasteiger partial charge in [-0.1, -0.05) is 17.7 Å². The zero-order valence-corrected chi connectivity index (χ0v) is 9.93. The Kier molecular flexibility index (Phi) is 4.51. The number of urea groups is 1. The van der Waals surface area contributed by atoms with E-state index in [1.807, 2.05) is 19.1 Å². The van der Waals surface area contributed by atoms with Crippen LogP contribution in [0, 0.1) is 6.92 Å². The number of carbonyl (C=O) groups excluding carboxylic acids is 1. The molecular formula is C12H16N2O3. The predicted molar refractivity (Wildman–Crippen MR) is 65.1 cm³/mol. The van der Waals surface area contributed by atoms with Crippen LogP contribution >= 0.6 is 0 Å². The Hall–Kier alpha value is -2.04. The first-order valence-corrected chi connectivity index (χ1v) is 5.37. The normalized spacial score (nSPS) is 9.76. The standard InChI is InChI=1S/C12H16N2O3/c1-3-14(8-11(15)16)12(17)13-10-6-4-9(2)5-7-10/h4-7H,3,8H2,1-2H3,(H,13,17)(H,15,16). The number of likely N-dealkylation sites (N-methyl/N-ethyl adjacent to an activating group) is 1. The van der Waals surface area contributed by atoms with Crippen LogP contribution in [0.1, 0.15) is 12.5 Å². The quantitative estimate of drug-likeness (QED) is 0.839. The first kappa shape index (κ1) is 13.0. The number of hydrogen-bond acceptors (Lipinski definition) is 2. The summed E-state index contributed by atoms with van der Waals surface area (Å²) in [5.74, 6) is -1.02. The molecule has 0 saturated carbocycles. The molecule has 92 valence electrons. The van der Waals surface area contributed by atoms with Gasteiger partial charge in [-0.3, -0.25) is 4.79 Å². The van der Waals surface area contributed by atoms with Gasteiger partial charge in [0, 0.05) is 12.2 Å². The van der Waals surface area contributed by atoms with Crippen LogP contribution in [0.2, 0.25) is 0 Å². The number of nitrogens with zero attached hydrogens (tertiary/aromatic N) is 1. The number of aryl methyl sites for hydroxylation is 1. The first-order chi connectivity index (χ1) is 8.02. The van der Waals surface area contributed by atoms with Crippen LogP contribution in [0.25, 0.3) is 0 Å². The lowest BCUT2D eigenvalue weighted by atomic mass is 10.2. The van der Waals surface area contributed by atoms with Gasteiger partial charge in [-0.25, -0.2) is 4.79 Å². The molecule has 0 aromatic heterocycles. The molecule has 1 aromatic carbocycles. The second kappa shape index (κ2) is 5.89. The number of nitrogens with one attached hydrogen (secondary N) is 1. The fourth-order valence-electron chi connectivity index (χ4n) is 1.33. The van der Waals surface area contributed by atoms with Crippen molar-refractivity contribution in [2.24, 2.45) is 0 Å². The summed E-state index contributed by atoms with van der Waals surface area (Å²) in [6.45, 7) is 3.74. The highest BCUT2D eigenvalue weighted by Crippen LogP contribution is 2.09. The van der Waals surface area contributed by atoms with Crippen LogP contribution in [-0.2, 0) is 4.79 Å². The minimum absolute atomic E-state index is 0.297. The van der Waals surface area contributed by atoms with Gasteiger partial charge < -0.3 is 15.3 Å². The number of carbonyl (C=O) groups is 2. The van der Waals surface area contributed by atoms with Gasteiger partial charge in [-0.2, -0.15) is 0 Å². The third kappa shape index (κ3) is 4.14. The van der Waals surface area contributed by atoms with E-state index < -0.39 is 12.0 Å². The summed E-state index contributed by atoms with van der Waals surface area (Å²) >= 11 is 0. The summed E-state index contributed by atoms with van der Waals surface area (Å²) < 4.78 is 0. The van der Waals surface area contributed by atoms with Gasteiger partial charge >= 0.3 is 12.0 Å². The Morgan fingerprint density at radius 2 is 1.88 bits per heavy atom. The number of carboxylic acid groups (broad SMARTS) is 1. The van der Waals surface area contributed by atoms with E-state index in [1.54, 1.807) is 19.1 Å². The van der Waals surface area contributed by atoms with Crippen molar-refractivity contribution >= 4 is 17.7 Å². The van der Waals surface area contributed by atoms with Crippen molar-refractivity contribution < 1.29 is 14.7 Å². The Labute approximate surface area is 100 Å². The Bertz CT molecular complexity index is 401. The Morgan fingerprint density at radius 1 is 1.29 bits per heavy atom. The van der Waals surface area contributed by atoms with Gasteiger partial charge in [-0.15, -0.1) is 0 Å². The number of hydrogen-bond donors (Lipinski definition) is 2. The van der Waals surface area contributed by atoms with E-state index in [4.69, 9.17) is 5.11 Å². The monoisotopic (exact) mass is 236 g/mol. The van der Waals surface area contributed by atoms with Gasteiger partial charge in [0.25, 0.3) is 0 Å². The molecule has 0 aliphatic rings. The molecule has 0 saturated heterocycles. The van der Waals surface area contributed by atoms with Crippen LogP contribution in [-0.4, -0.2) is 35.1 Å². The number of anilines is 1. The van der Waals surface area contributed by atoms with Gasteiger partial charge in [0.05, 0.1) is 0 Å². The highest BCUT2D eigenvalue weighted by atomic mass is 16.4. The highest BCUT2D eigenvalue weighted by Gasteiger charge is 2.14. The molecule has 2 N–H and O–H groups in total. The minimum Gasteiger partial charge on any atom is -0.480 e. The van der Waals surface area contributed by atoms with E-state index in [0.29, 0.717) is 12.2 Å². The Morgan fingerprint density at radius 3 is 2.35 bits per heavy atom. The van der Waals surface area contributed by atoms with Crippen molar-refractivity contribution in [1.82, 2.24) is 4.90 Å². The van der Waals surface area contributed by atoms with Crippen molar-refractivity contribution in [3.05, 3.63) is 29.8 Å². The average Bonchev–Trinajstić information content (AvgIpc) is 2.28. The molecule has 2 amide bonds. The topological polar surface area (TPSA) is 69.6 Å². The molecule has 0 aliphatic heterocycles. The predicted octanol–water partition coefficient (Wildman–Crippen LogP) is 1.93. The molecule has 1 aromatic rings. The number of amides is 2. The van der Waals surface area contributed by atoms with Crippen LogP contribution in [0.4, 0.5) is 10.5 Å². The molecule has 1 rings (SSSR count). The van der Waals surface area contributed by atoms with Crippen molar-refractivity contribution in [1.29, 1.82) is 0 Å². The molecule has 0 spiro atoms. The van der Waals surface area contributed by atoms with Gasteiger partial charge in [-0.05, 0) is 26.0 Å². The number of rotatable bonds is 4. The Balaban J connectivity index is 2.63.